The van der Waals surface area contributed by atoms with Crippen LogP contribution in [0.1, 0.15) is 94.1 Å². The van der Waals surface area contributed by atoms with Crippen molar-refractivity contribution in [1.29, 1.82) is 0 Å². The molecule has 0 amide bonds. The first-order chi connectivity index (χ1) is 12.3. The Morgan fingerprint density at radius 3 is 2.90 bits per heavy atom. The molecule has 0 heterocycles. The molecule has 0 radical (unpaired) electrons. The molecule has 2 aliphatic carbocycles. The zero-order valence-electron chi connectivity index (χ0n) is 19.8. The third-order valence-corrected chi connectivity index (χ3v) is 6.79. The lowest BCUT2D eigenvalue weighted by molar-refractivity contribution is 0.0922. The van der Waals surface area contributed by atoms with Crippen molar-refractivity contribution in [3.05, 3.63) is 10.6 Å². The molecule has 2 aliphatic rings. The fourth-order valence-corrected chi connectivity index (χ4v) is 5.67. The summed E-state index contributed by atoms with van der Waals surface area (Å²) in [5.74, 6) is 1.79. The zero-order chi connectivity index (χ0) is 20.7. The SMILES string of the molecule is [2H]C([2H])([2H])C(C)(CCC[C@@H](C)[C@H]1CC[C@H]2/C(=C/Br)CCC[C@]12C)C([2H])([2H])[2H]. The Labute approximate surface area is 149 Å². The summed E-state index contributed by atoms with van der Waals surface area (Å²) in [6, 6.07) is 0. The third kappa shape index (κ3) is 3.95. The predicted molar refractivity (Wildman–Crippen MR) is 97.7 cm³/mol. The van der Waals surface area contributed by atoms with Crippen molar-refractivity contribution in [2.24, 2.45) is 28.6 Å². The van der Waals surface area contributed by atoms with Gasteiger partial charge in [-0.15, -0.1) is 0 Å². The summed E-state index contributed by atoms with van der Waals surface area (Å²) >= 11 is 3.56. The van der Waals surface area contributed by atoms with E-state index in [4.69, 9.17) is 8.22 Å². The number of hydrogen-bond acceptors (Lipinski definition) is 0. The van der Waals surface area contributed by atoms with Crippen LogP contribution in [0.3, 0.4) is 0 Å². The molecule has 0 nitrogen and oxygen atoms in total. The van der Waals surface area contributed by atoms with Gasteiger partial charge in [0.05, 0.1) is 0 Å². The minimum Gasteiger partial charge on any atom is -0.0622 e. The van der Waals surface area contributed by atoms with Crippen molar-refractivity contribution < 1.29 is 8.22 Å². The first kappa shape index (κ1) is 10.9. The Balaban J connectivity index is 2.03. The maximum atomic E-state index is 7.75. The molecule has 0 aromatic heterocycles. The van der Waals surface area contributed by atoms with E-state index in [9.17, 15) is 0 Å². The molecule has 2 saturated carbocycles. The first-order valence-corrected chi connectivity index (χ1v) is 9.48. The van der Waals surface area contributed by atoms with Gasteiger partial charge in [-0.2, -0.15) is 0 Å². The molecule has 0 aromatic rings. The van der Waals surface area contributed by atoms with Crippen LogP contribution >= 0.6 is 15.9 Å². The standard InChI is InChI=1S/C20H35Br/c1-15(8-6-12-19(2,3)4)17-10-11-18-16(14-21)9-7-13-20(17,18)5/h14-15,17-18H,6-13H2,1-5H3/b16-14+/t15-,17-,18+,20-/m1/s1/i2D3,3D3. The molecule has 2 rings (SSSR count). The van der Waals surface area contributed by atoms with Crippen LogP contribution in [0.4, 0.5) is 0 Å². The number of fused-ring (bicyclic) bond motifs is 1. The Kier molecular flexibility index (Phi) is 3.51. The molecular weight excluding hydrogens is 320 g/mol. The summed E-state index contributed by atoms with van der Waals surface area (Å²) in [6.45, 7) is 1.21. The average Bonchev–Trinajstić information content (AvgIpc) is 2.89. The molecule has 2 fully saturated rings. The molecular formula is C20H35Br. The molecule has 1 heteroatoms. The molecule has 0 saturated heterocycles. The molecule has 0 aromatic carbocycles. The van der Waals surface area contributed by atoms with Gasteiger partial charge in [-0.25, -0.2) is 0 Å². The van der Waals surface area contributed by atoms with E-state index < -0.39 is 19.1 Å². The van der Waals surface area contributed by atoms with Gasteiger partial charge in [0.15, 0.2) is 0 Å². The lowest BCUT2D eigenvalue weighted by Gasteiger charge is -2.44. The normalized spacial score (nSPS) is 42.2. The highest BCUT2D eigenvalue weighted by Crippen LogP contribution is 2.60. The maximum absolute atomic E-state index is 7.75. The topological polar surface area (TPSA) is 0 Å². The second kappa shape index (κ2) is 6.77. The van der Waals surface area contributed by atoms with Gasteiger partial charge in [0.2, 0.25) is 0 Å². The van der Waals surface area contributed by atoms with Crippen LogP contribution in [0.2, 0.25) is 0 Å². The molecule has 122 valence electrons. The lowest BCUT2D eigenvalue weighted by atomic mass is 9.61. The van der Waals surface area contributed by atoms with Crippen LogP contribution in [0.5, 0.6) is 0 Å². The number of halogens is 1. The van der Waals surface area contributed by atoms with E-state index in [1.165, 1.54) is 39.0 Å². The average molecular weight is 361 g/mol. The number of allylic oxidation sites excluding steroid dienone is 1. The van der Waals surface area contributed by atoms with Crippen molar-refractivity contribution in [2.45, 2.75) is 85.8 Å². The molecule has 0 N–H and O–H groups in total. The number of rotatable bonds is 4. The van der Waals surface area contributed by atoms with Crippen LogP contribution in [-0.2, 0) is 0 Å². The molecule has 0 aliphatic heterocycles. The summed E-state index contributed by atoms with van der Waals surface area (Å²) in [5.41, 5.74) is 0.253. The van der Waals surface area contributed by atoms with E-state index in [2.05, 4.69) is 34.8 Å². The zero-order valence-corrected chi connectivity index (χ0v) is 15.4. The summed E-state index contributed by atoms with van der Waals surface area (Å²) in [5, 5.41) is 0. The van der Waals surface area contributed by atoms with Gasteiger partial charge >= 0.3 is 0 Å². The largest absolute Gasteiger partial charge is 0.0622 e. The molecule has 4 atom stereocenters. The van der Waals surface area contributed by atoms with Gasteiger partial charge in [-0.3, -0.25) is 0 Å². The van der Waals surface area contributed by atoms with E-state index >= 15 is 0 Å². The predicted octanol–water partition coefficient (Wildman–Crippen LogP) is 7.33. The van der Waals surface area contributed by atoms with E-state index in [1.807, 2.05) is 0 Å². The minimum atomic E-state index is -2.47. The molecule has 0 bridgehead atoms. The fraction of sp³-hybridized carbons (Fsp3) is 0.900. The second-order valence-corrected chi connectivity index (χ2v) is 8.44. The van der Waals surface area contributed by atoms with Crippen molar-refractivity contribution >= 4 is 15.9 Å². The van der Waals surface area contributed by atoms with Gasteiger partial charge in [0.1, 0.15) is 0 Å². The Morgan fingerprint density at radius 1 is 1.48 bits per heavy atom. The second-order valence-electron chi connectivity index (χ2n) is 7.98. The summed E-state index contributed by atoms with van der Waals surface area (Å²) in [4.78, 5) is 2.14. The van der Waals surface area contributed by atoms with Crippen molar-refractivity contribution in [3.63, 3.8) is 0 Å². The van der Waals surface area contributed by atoms with Gasteiger partial charge < -0.3 is 0 Å². The van der Waals surface area contributed by atoms with Crippen LogP contribution in [0.25, 0.3) is 0 Å². The van der Waals surface area contributed by atoms with Gasteiger partial charge in [0.25, 0.3) is 0 Å². The summed E-state index contributed by atoms with van der Waals surface area (Å²) < 4.78 is 46.5. The third-order valence-electron chi connectivity index (χ3n) is 6.20. The van der Waals surface area contributed by atoms with Gasteiger partial charge in [-0.05, 0) is 72.1 Å². The smallest absolute Gasteiger partial charge is 0.0236 e. The van der Waals surface area contributed by atoms with E-state index in [0.29, 0.717) is 29.6 Å². The van der Waals surface area contributed by atoms with Crippen LogP contribution < -0.4 is 0 Å². The highest BCUT2D eigenvalue weighted by atomic mass is 79.9. The Bertz CT molecular complexity index is 536. The first-order valence-electron chi connectivity index (χ1n) is 11.6. The van der Waals surface area contributed by atoms with E-state index in [-0.39, 0.29) is 6.42 Å². The highest BCUT2D eigenvalue weighted by molar-refractivity contribution is 9.11. The van der Waals surface area contributed by atoms with E-state index in [1.54, 1.807) is 5.57 Å². The quantitative estimate of drug-likeness (QED) is 0.491. The minimum absolute atomic E-state index is 0.226. The lowest BCUT2D eigenvalue weighted by Crippen LogP contribution is -2.35. The van der Waals surface area contributed by atoms with Crippen LogP contribution in [0, 0.1) is 28.6 Å². The summed E-state index contributed by atoms with van der Waals surface area (Å²) in [7, 11) is 0. The number of hydrogen-bond donors (Lipinski definition) is 0. The van der Waals surface area contributed by atoms with Crippen LogP contribution in [-0.4, -0.2) is 0 Å². The van der Waals surface area contributed by atoms with Crippen molar-refractivity contribution in [1.82, 2.24) is 0 Å². The fourth-order valence-electron chi connectivity index (χ4n) is 5.12. The van der Waals surface area contributed by atoms with E-state index in [0.717, 1.165) is 6.42 Å². The summed E-state index contributed by atoms with van der Waals surface area (Å²) in [6.07, 6.45) is 7.96. The monoisotopic (exact) mass is 360 g/mol. The molecule has 21 heavy (non-hydrogen) atoms. The van der Waals surface area contributed by atoms with Gasteiger partial charge in [0, 0.05) is 8.22 Å². The highest BCUT2D eigenvalue weighted by Gasteiger charge is 2.50. The molecule has 0 spiro atoms. The van der Waals surface area contributed by atoms with Crippen molar-refractivity contribution in [2.75, 3.05) is 0 Å². The van der Waals surface area contributed by atoms with Gasteiger partial charge in [-0.1, -0.05) is 68.8 Å². The van der Waals surface area contributed by atoms with Crippen LogP contribution in [0.15, 0.2) is 10.6 Å². The molecule has 0 unspecified atom stereocenters. The maximum Gasteiger partial charge on any atom is 0.0236 e. The Morgan fingerprint density at radius 2 is 2.24 bits per heavy atom. The van der Waals surface area contributed by atoms with Crippen molar-refractivity contribution in [3.8, 4) is 0 Å². The Hall–Kier alpha value is 0.220.